The zero-order valence-corrected chi connectivity index (χ0v) is 14.8. The Hall–Kier alpha value is -1.91. The van der Waals surface area contributed by atoms with Crippen LogP contribution in [0.3, 0.4) is 0 Å². The van der Waals surface area contributed by atoms with Crippen molar-refractivity contribution in [1.82, 2.24) is 9.80 Å². The van der Waals surface area contributed by atoms with E-state index in [4.69, 9.17) is 0 Å². The number of carbonyl (C=O) groups excluding carboxylic acids is 2. The van der Waals surface area contributed by atoms with Gasteiger partial charge in [-0.25, -0.2) is 4.39 Å². The minimum atomic E-state index is -0.313. The van der Waals surface area contributed by atoms with E-state index in [1.807, 2.05) is 9.80 Å². The highest BCUT2D eigenvalue weighted by Gasteiger charge is 2.30. The average Bonchev–Trinajstić information content (AvgIpc) is 2.90. The molecule has 0 saturated carbocycles. The molecule has 0 N–H and O–H groups in total. The second-order valence-corrected chi connectivity index (χ2v) is 7.20. The molecule has 0 bridgehead atoms. The first kappa shape index (κ1) is 17.9. The van der Waals surface area contributed by atoms with Gasteiger partial charge in [0.05, 0.1) is 6.42 Å². The maximum atomic E-state index is 13.2. The summed E-state index contributed by atoms with van der Waals surface area (Å²) in [5, 5.41) is 0. The number of hydrogen-bond acceptors (Lipinski definition) is 2. The van der Waals surface area contributed by atoms with Crippen molar-refractivity contribution in [2.75, 3.05) is 26.2 Å². The summed E-state index contributed by atoms with van der Waals surface area (Å²) >= 11 is 0. The molecule has 0 aliphatic carbocycles. The highest BCUT2D eigenvalue weighted by molar-refractivity contribution is 5.81. The molecule has 5 heteroatoms. The topological polar surface area (TPSA) is 40.6 Å². The van der Waals surface area contributed by atoms with Crippen molar-refractivity contribution >= 4 is 11.8 Å². The van der Waals surface area contributed by atoms with E-state index in [0.29, 0.717) is 18.7 Å². The molecule has 2 aliphatic heterocycles. The number of likely N-dealkylation sites (tertiary alicyclic amines) is 2. The van der Waals surface area contributed by atoms with Gasteiger partial charge in [-0.05, 0) is 43.4 Å². The number of amides is 2. The highest BCUT2D eigenvalue weighted by atomic mass is 19.1. The monoisotopic (exact) mass is 346 g/mol. The molecular weight excluding hydrogens is 319 g/mol. The van der Waals surface area contributed by atoms with Crippen LogP contribution in [0.4, 0.5) is 4.39 Å². The normalized spacial score (nSPS) is 19.6. The SMILES string of the molecule is O=C(Cc1cccc(F)c1)N1CCC(C(=O)N2CCCCCC2)CC1. The van der Waals surface area contributed by atoms with E-state index in [-0.39, 0.29) is 30.0 Å². The van der Waals surface area contributed by atoms with Crippen LogP contribution in [0.2, 0.25) is 0 Å². The summed E-state index contributed by atoms with van der Waals surface area (Å²) in [4.78, 5) is 28.9. The van der Waals surface area contributed by atoms with Crippen molar-refractivity contribution in [2.24, 2.45) is 5.92 Å². The van der Waals surface area contributed by atoms with Gasteiger partial charge in [0.2, 0.25) is 11.8 Å². The smallest absolute Gasteiger partial charge is 0.226 e. The third-order valence-corrected chi connectivity index (χ3v) is 5.36. The summed E-state index contributed by atoms with van der Waals surface area (Å²) in [6, 6.07) is 6.20. The first-order valence-corrected chi connectivity index (χ1v) is 9.44. The van der Waals surface area contributed by atoms with Crippen molar-refractivity contribution in [3.05, 3.63) is 35.6 Å². The number of nitrogens with zero attached hydrogens (tertiary/aromatic N) is 2. The van der Waals surface area contributed by atoms with Crippen molar-refractivity contribution < 1.29 is 14.0 Å². The van der Waals surface area contributed by atoms with E-state index in [0.717, 1.165) is 38.8 Å². The second-order valence-electron chi connectivity index (χ2n) is 7.20. The van der Waals surface area contributed by atoms with Gasteiger partial charge >= 0.3 is 0 Å². The number of carbonyl (C=O) groups is 2. The van der Waals surface area contributed by atoms with Crippen LogP contribution in [0.5, 0.6) is 0 Å². The molecule has 0 aromatic heterocycles. The van der Waals surface area contributed by atoms with Gasteiger partial charge in [-0.3, -0.25) is 9.59 Å². The van der Waals surface area contributed by atoms with Crippen molar-refractivity contribution in [3.63, 3.8) is 0 Å². The summed E-state index contributed by atoms with van der Waals surface area (Å²) in [7, 11) is 0. The first-order chi connectivity index (χ1) is 12.1. The lowest BCUT2D eigenvalue weighted by Crippen LogP contribution is -2.45. The lowest BCUT2D eigenvalue weighted by Gasteiger charge is -2.34. The highest BCUT2D eigenvalue weighted by Crippen LogP contribution is 2.22. The predicted molar refractivity (Wildman–Crippen MR) is 94.5 cm³/mol. The summed E-state index contributed by atoms with van der Waals surface area (Å²) in [5.74, 6) is 0.0359. The molecule has 3 rings (SSSR count). The summed E-state index contributed by atoms with van der Waals surface area (Å²) in [5.41, 5.74) is 0.702. The number of hydrogen-bond donors (Lipinski definition) is 0. The van der Waals surface area contributed by atoms with Gasteiger partial charge in [0.1, 0.15) is 5.82 Å². The largest absolute Gasteiger partial charge is 0.342 e. The van der Waals surface area contributed by atoms with Crippen LogP contribution < -0.4 is 0 Å². The first-order valence-electron chi connectivity index (χ1n) is 9.44. The summed E-state index contributed by atoms with van der Waals surface area (Å²) in [6.07, 6.45) is 6.36. The molecule has 2 aliphatic rings. The van der Waals surface area contributed by atoms with Crippen molar-refractivity contribution in [3.8, 4) is 0 Å². The molecule has 4 nitrogen and oxygen atoms in total. The van der Waals surface area contributed by atoms with Crippen LogP contribution in [0.15, 0.2) is 24.3 Å². The van der Waals surface area contributed by atoms with Crippen LogP contribution in [0.25, 0.3) is 0 Å². The second kappa shape index (κ2) is 8.45. The maximum absolute atomic E-state index is 13.2. The van der Waals surface area contributed by atoms with Crippen LogP contribution in [0.1, 0.15) is 44.1 Å². The molecule has 2 amide bonds. The number of piperidine rings is 1. The quantitative estimate of drug-likeness (QED) is 0.844. The van der Waals surface area contributed by atoms with Gasteiger partial charge in [-0.1, -0.05) is 25.0 Å². The molecule has 136 valence electrons. The molecule has 2 fully saturated rings. The van der Waals surface area contributed by atoms with Gasteiger partial charge in [0, 0.05) is 32.1 Å². The predicted octanol–water partition coefficient (Wildman–Crippen LogP) is 3.01. The van der Waals surface area contributed by atoms with Gasteiger partial charge < -0.3 is 9.80 Å². The number of halogens is 1. The molecule has 1 aromatic carbocycles. The number of rotatable bonds is 3. The summed E-state index contributed by atoms with van der Waals surface area (Å²) < 4.78 is 13.2. The fraction of sp³-hybridized carbons (Fsp3) is 0.600. The average molecular weight is 346 g/mol. The van der Waals surface area contributed by atoms with E-state index in [1.54, 1.807) is 12.1 Å². The standard InChI is InChI=1S/C20H27FN2O2/c21-18-7-5-6-16(14-18)15-19(24)22-12-8-17(9-13-22)20(25)23-10-3-1-2-4-11-23/h5-7,14,17H,1-4,8-13,15H2. The molecule has 0 atom stereocenters. The zero-order valence-electron chi connectivity index (χ0n) is 14.8. The minimum absolute atomic E-state index is 0.0197. The molecule has 2 heterocycles. The Bertz CT molecular complexity index is 603. The van der Waals surface area contributed by atoms with E-state index < -0.39 is 0 Å². The Labute approximate surface area is 149 Å². The number of benzene rings is 1. The molecule has 0 radical (unpaired) electrons. The summed E-state index contributed by atoms with van der Waals surface area (Å²) in [6.45, 7) is 3.02. The fourth-order valence-electron chi connectivity index (χ4n) is 3.86. The van der Waals surface area contributed by atoms with Crippen LogP contribution in [0, 0.1) is 11.7 Å². The van der Waals surface area contributed by atoms with E-state index >= 15 is 0 Å². The molecule has 0 spiro atoms. The third kappa shape index (κ3) is 4.80. The van der Waals surface area contributed by atoms with Gasteiger partial charge in [0.25, 0.3) is 0 Å². The lowest BCUT2D eigenvalue weighted by atomic mass is 9.94. The van der Waals surface area contributed by atoms with Crippen LogP contribution >= 0.6 is 0 Å². The molecular formula is C20H27FN2O2. The van der Waals surface area contributed by atoms with Gasteiger partial charge in [-0.15, -0.1) is 0 Å². The Morgan fingerprint density at radius 1 is 0.960 bits per heavy atom. The van der Waals surface area contributed by atoms with E-state index in [2.05, 4.69) is 0 Å². The Morgan fingerprint density at radius 2 is 1.64 bits per heavy atom. The molecule has 2 saturated heterocycles. The van der Waals surface area contributed by atoms with Crippen molar-refractivity contribution in [1.29, 1.82) is 0 Å². The Kier molecular flexibility index (Phi) is 6.05. The maximum Gasteiger partial charge on any atom is 0.226 e. The van der Waals surface area contributed by atoms with Crippen LogP contribution in [-0.4, -0.2) is 47.8 Å². The molecule has 1 aromatic rings. The molecule has 25 heavy (non-hydrogen) atoms. The Balaban J connectivity index is 1.49. The molecule has 0 unspecified atom stereocenters. The fourth-order valence-corrected chi connectivity index (χ4v) is 3.86. The van der Waals surface area contributed by atoms with Crippen LogP contribution in [-0.2, 0) is 16.0 Å². The van der Waals surface area contributed by atoms with Gasteiger partial charge in [0.15, 0.2) is 0 Å². The van der Waals surface area contributed by atoms with Gasteiger partial charge in [-0.2, -0.15) is 0 Å². The lowest BCUT2D eigenvalue weighted by molar-refractivity contribution is -0.140. The minimum Gasteiger partial charge on any atom is -0.342 e. The van der Waals surface area contributed by atoms with E-state index in [1.165, 1.54) is 25.0 Å². The Morgan fingerprint density at radius 3 is 2.28 bits per heavy atom. The van der Waals surface area contributed by atoms with E-state index in [9.17, 15) is 14.0 Å². The zero-order chi connectivity index (χ0) is 17.6. The van der Waals surface area contributed by atoms with Crippen molar-refractivity contribution in [2.45, 2.75) is 44.9 Å². The third-order valence-electron chi connectivity index (χ3n) is 5.36.